The lowest BCUT2D eigenvalue weighted by atomic mass is 9.76. The largest absolute Gasteiger partial charge is 0.393 e. The van der Waals surface area contributed by atoms with Crippen LogP contribution >= 0.6 is 0 Å². The molecule has 2 rings (SSSR count). The molecule has 1 aliphatic rings. The highest BCUT2D eigenvalue weighted by molar-refractivity contribution is 5.24. The summed E-state index contributed by atoms with van der Waals surface area (Å²) in [5.41, 5.74) is -0.325. The fourth-order valence-corrected chi connectivity index (χ4v) is 2.37. The predicted molar refractivity (Wildman–Crippen MR) is 69.8 cm³/mol. The lowest BCUT2D eigenvalue weighted by Crippen LogP contribution is -2.60. The molecule has 1 saturated heterocycles. The highest BCUT2D eigenvalue weighted by atomic mass is 16.6. The van der Waals surface area contributed by atoms with Crippen LogP contribution < -0.4 is 11.4 Å². The van der Waals surface area contributed by atoms with Gasteiger partial charge in [-0.05, 0) is 26.8 Å². The summed E-state index contributed by atoms with van der Waals surface area (Å²) in [7, 11) is 0. The first-order chi connectivity index (χ1) is 9.07. The summed E-state index contributed by atoms with van der Waals surface area (Å²) in [6, 6.07) is 1.38. The molecule has 112 valence electrons. The van der Waals surface area contributed by atoms with Gasteiger partial charge in [0.1, 0.15) is 22.6 Å². The van der Waals surface area contributed by atoms with E-state index in [1.54, 1.807) is 0 Å². The Hall–Kier alpha value is -1.48. The Kier molecular flexibility index (Phi) is 3.17. The Morgan fingerprint density at radius 2 is 2.05 bits per heavy atom. The van der Waals surface area contributed by atoms with Crippen LogP contribution in [0.1, 0.15) is 27.0 Å². The summed E-state index contributed by atoms with van der Waals surface area (Å²) in [5, 5.41) is 30.6. The zero-order chi connectivity index (χ0) is 15.3. The zero-order valence-corrected chi connectivity index (χ0v) is 11.6. The number of hydrogen-bond donors (Lipinski definition) is 4. The lowest BCUT2D eigenvalue weighted by molar-refractivity contribution is -0.162. The first-order valence-electron chi connectivity index (χ1n) is 6.15. The molecule has 0 amide bonds. The van der Waals surface area contributed by atoms with E-state index < -0.39 is 35.3 Å². The first kappa shape index (κ1) is 14.9. The number of nitrogens with zero attached hydrogens (tertiary/aromatic N) is 2. The molecule has 4 unspecified atom stereocenters. The molecule has 8 nitrogen and oxygen atoms in total. The monoisotopic (exact) mass is 285 g/mol. The van der Waals surface area contributed by atoms with E-state index in [-0.39, 0.29) is 5.82 Å². The van der Waals surface area contributed by atoms with Crippen LogP contribution in [0.5, 0.6) is 0 Å². The summed E-state index contributed by atoms with van der Waals surface area (Å²) >= 11 is 0. The first-order valence-corrected chi connectivity index (χ1v) is 6.15. The van der Waals surface area contributed by atoms with Crippen molar-refractivity contribution in [2.45, 2.75) is 43.8 Å². The summed E-state index contributed by atoms with van der Waals surface area (Å²) in [6.07, 6.45) is 0.124. The number of anilines is 1. The number of ether oxygens (including phenoxy) is 1. The molecule has 1 aromatic heterocycles. The number of aliphatic hydroxyl groups is 3. The van der Waals surface area contributed by atoms with Crippen LogP contribution in [-0.4, -0.2) is 48.3 Å². The van der Waals surface area contributed by atoms with Crippen molar-refractivity contribution in [2.75, 3.05) is 12.3 Å². The van der Waals surface area contributed by atoms with Gasteiger partial charge in [0.2, 0.25) is 0 Å². The van der Waals surface area contributed by atoms with Crippen LogP contribution in [0, 0.1) is 0 Å². The fraction of sp³-hybridized carbons (Fsp3) is 0.667. The molecule has 2 heterocycles. The third-order valence-corrected chi connectivity index (χ3v) is 4.27. The molecule has 4 atom stereocenters. The van der Waals surface area contributed by atoms with Gasteiger partial charge in [-0.2, -0.15) is 4.98 Å². The van der Waals surface area contributed by atoms with Crippen LogP contribution in [0.4, 0.5) is 5.82 Å². The number of hydrogen-bond acceptors (Lipinski definition) is 7. The van der Waals surface area contributed by atoms with Crippen molar-refractivity contribution in [1.29, 1.82) is 0 Å². The smallest absolute Gasteiger partial charge is 0.351 e. The molecule has 20 heavy (non-hydrogen) atoms. The minimum absolute atomic E-state index is 0.0422. The Labute approximate surface area is 115 Å². The number of aliphatic hydroxyl groups excluding tert-OH is 1. The minimum Gasteiger partial charge on any atom is -0.393 e. The van der Waals surface area contributed by atoms with Crippen LogP contribution in [0.25, 0.3) is 0 Å². The van der Waals surface area contributed by atoms with Crippen molar-refractivity contribution in [2.24, 2.45) is 0 Å². The third kappa shape index (κ3) is 1.76. The number of rotatable bonds is 2. The topological polar surface area (TPSA) is 131 Å². The maximum atomic E-state index is 11.9. The Morgan fingerprint density at radius 1 is 1.45 bits per heavy atom. The Balaban J connectivity index is 2.56. The summed E-state index contributed by atoms with van der Waals surface area (Å²) < 4.78 is 6.60. The Bertz CT molecular complexity index is 583. The number of nitrogen functional groups attached to an aromatic ring is 1. The second-order valence-corrected chi connectivity index (χ2v) is 5.62. The molecular formula is C12H19N3O5. The van der Waals surface area contributed by atoms with Crippen molar-refractivity contribution in [3.8, 4) is 0 Å². The molecule has 0 radical (unpaired) electrons. The average Bonchev–Trinajstić information content (AvgIpc) is 2.48. The van der Waals surface area contributed by atoms with Gasteiger partial charge in [-0.3, -0.25) is 4.57 Å². The van der Waals surface area contributed by atoms with Crippen molar-refractivity contribution in [3.63, 3.8) is 0 Å². The van der Waals surface area contributed by atoms with Gasteiger partial charge in [-0.25, -0.2) is 4.79 Å². The fourth-order valence-electron chi connectivity index (χ4n) is 2.37. The van der Waals surface area contributed by atoms with Gasteiger partial charge < -0.3 is 25.8 Å². The summed E-state index contributed by atoms with van der Waals surface area (Å²) in [5.74, 6) is 0.0422. The lowest BCUT2D eigenvalue weighted by Gasteiger charge is -2.39. The van der Waals surface area contributed by atoms with Crippen molar-refractivity contribution < 1.29 is 20.1 Å². The van der Waals surface area contributed by atoms with Crippen molar-refractivity contribution in [3.05, 3.63) is 22.7 Å². The van der Waals surface area contributed by atoms with Crippen LogP contribution in [0.15, 0.2) is 17.1 Å². The van der Waals surface area contributed by atoms with Gasteiger partial charge in [0.05, 0.1) is 6.61 Å². The van der Waals surface area contributed by atoms with E-state index in [1.807, 2.05) is 0 Å². The maximum absolute atomic E-state index is 11.9. The molecule has 0 saturated carbocycles. The van der Waals surface area contributed by atoms with E-state index in [1.165, 1.54) is 33.0 Å². The minimum atomic E-state index is -1.81. The van der Waals surface area contributed by atoms with Gasteiger partial charge in [-0.15, -0.1) is 0 Å². The molecule has 5 N–H and O–H groups in total. The average molecular weight is 285 g/mol. The molecule has 0 aliphatic carbocycles. The van der Waals surface area contributed by atoms with Gasteiger partial charge in [-0.1, -0.05) is 0 Å². The molecule has 1 aliphatic heterocycles. The van der Waals surface area contributed by atoms with Gasteiger partial charge in [0, 0.05) is 6.20 Å². The predicted octanol–water partition coefficient (Wildman–Crippen LogP) is -1.39. The van der Waals surface area contributed by atoms with E-state index in [2.05, 4.69) is 4.98 Å². The van der Waals surface area contributed by atoms with Crippen LogP contribution in [0.3, 0.4) is 0 Å². The third-order valence-electron chi connectivity index (χ3n) is 4.27. The van der Waals surface area contributed by atoms with Crippen LogP contribution in [0.2, 0.25) is 0 Å². The van der Waals surface area contributed by atoms with Gasteiger partial charge in [0.25, 0.3) is 0 Å². The van der Waals surface area contributed by atoms with Crippen molar-refractivity contribution in [1.82, 2.24) is 9.55 Å². The molecule has 1 fully saturated rings. The van der Waals surface area contributed by atoms with E-state index in [0.29, 0.717) is 0 Å². The van der Waals surface area contributed by atoms with Crippen LogP contribution in [-0.2, 0) is 4.74 Å². The summed E-state index contributed by atoms with van der Waals surface area (Å²) in [6.45, 7) is 3.61. The maximum Gasteiger partial charge on any atom is 0.351 e. The van der Waals surface area contributed by atoms with E-state index in [4.69, 9.17) is 10.5 Å². The highest BCUT2D eigenvalue weighted by Crippen LogP contribution is 2.50. The quantitative estimate of drug-likeness (QED) is 0.526. The molecule has 0 aromatic carbocycles. The van der Waals surface area contributed by atoms with Crippen molar-refractivity contribution >= 4 is 5.82 Å². The molecule has 1 aromatic rings. The van der Waals surface area contributed by atoms with E-state index in [0.717, 1.165) is 4.57 Å². The normalized spacial score (nSPS) is 41.0. The summed E-state index contributed by atoms with van der Waals surface area (Å²) in [4.78, 5) is 15.4. The molecule has 8 heteroatoms. The number of aromatic nitrogens is 2. The second-order valence-electron chi connectivity index (χ2n) is 5.62. The Morgan fingerprint density at radius 3 is 2.50 bits per heavy atom. The molecular weight excluding hydrogens is 266 g/mol. The second kappa shape index (κ2) is 4.26. The van der Waals surface area contributed by atoms with Gasteiger partial charge in [0.15, 0.2) is 6.23 Å². The SMILES string of the molecule is CC1(CO)OC(n2ccc(N)nc2=O)C(C)(O)C1(C)O. The molecule has 0 spiro atoms. The van der Waals surface area contributed by atoms with Gasteiger partial charge >= 0.3 is 5.69 Å². The standard InChI is InChI=1S/C12H19N3O5/c1-10(6-16)12(3,19)11(2,18)8(20-10)15-5-4-7(13)14-9(15)17/h4-5,8,16,18-19H,6H2,1-3H3,(H2,13,14,17). The number of nitrogens with two attached hydrogens (primary N) is 1. The highest BCUT2D eigenvalue weighted by Gasteiger charge is 2.67. The van der Waals surface area contributed by atoms with E-state index >= 15 is 0 Å². The van der Waals surface area contributed by atoms with E-state index in [9.17, 15) is 20.1 Å². The molecule has 0 bridgehead atoms. The zero-order valence-electron chi connectivity index (χ0n) is 11.6.